The molecule has 21 heavy (non-hydrogen) atoms. The smallest absolute Gasteiger partial charge is 0.339 e. The second-order valence-corrected chi connectivity index (χ2v) is 4.71. The highest BCUT2D eigenvalue weighted by molar-refractivity contribution is 5.88. The van der Waals surface area contributed by atoms with Crippen LogP contribution in [0.2, 0.25) is 0 Å². The molecule has 0 aliphatic carbocycles. The molecular formula is C16H18N2O3. The third-order valence-electron chi connectivity index (χ3n) is 2.97. The highest BCUT2D eigenvalue weighted by Crippen LogP contribution is 2.20. The van der Waals surface area contributed by atoms with Gasteiger partial charge in [-0.15, -0.1) is 0 Å². The maximum absolute atomic E-state index is 11.3. The van der Waals surface area contributed by atoms with Gasteiger partial charge < -0.3 is 14.4 Å². The number of rotatable bonds is 5. The summed E-state index contributed by atoms with van der Waals surface area (Å²) in [4.78, 5) is 17.5. The van der Waals surface area contributed by atoms with Crippen LogP contribution in [0.5, 0.6) is 5.75 Å². The Kier molecular flexibility index (Phi) is 4.77. The first-order chi connectivity index (χ1) is 10.1. The average molecular weight is 286 g/mol. The largest absolute Gasteiger partial charge is 0.487 e. The first kappa shape index (κ1) is 14.8. The number of esters is 1. The Morgan fingerprint density at radius 1 is 1.24 bits per heavy atom. The monoisotopic (exact) mass is 286 g/mol. The number of nitrogens with zero attached hydrogens (tertiary/aromatic N) is 2. The molecule has 0 bridgehead atoms. The molecule has 0 spiro atoms. The molecule has 1 aromatic carbocycles. The van der Waals surface area contributed by atoms with Crippen molar-refractivity contribution in [3.8, 4) is 5.75 Å². The number of carbonyl (C=O) groups is 1. The number of hydrogen-bond acceptors (Lipinski definition) is 5. The van der Waals surface area contributed by atoms with E-state index < -0.39 is 5.97 Å². The van der Waals surface area contributed by atoms with Gasteiger partial charge >= 0.3 is 5.97 Å². The number of aromatic nitrogens is 1. The SMILES string of the molecule is COC(=O)c1ccc(COc2cccc(N(C)C)c2)nc1. The Hall–Kier alpha value is -2.56. The number of benzene rings is 1. The minimum Gasteiger partial charge on any atom is -0.487 e. The minimum atomic E-state index is -0.395. The van der Waals surface area contributed by atoms with E-state index in [1.54, 1.807) is 12.1 Å². The maximum Gasteiger partial charge on any atom is 0.339 e. The summed E-state index contributed by atoms with van der Waals surface area (Å²) in [6.07, 6.45) is 1.49. The molecule has 0 saturated carbocycles. The molecule has 0 radical (unpaired) electrons. The fourth-order valence-corrected chi connectivity index (χ4v) is 1.76. The van der Waals surface area contributed by atoms with E-state index in [1.807, 2.05) is 43.3 Å². The molecule has 0 aliphatic rings. The molecule has 5 nitrogen and oxygen atoms in total. The third kappa shape index (κ3) is 3.95. The fourth-order valence-electron chi connectivity index (χ4n) is 1.76. The van der Waals surface area contributed by atoms with Gasteiger partial charge in [-0.25, -0.2) is 4.79 Å². The van der Waals surface area contributed by atoms with Crippen LogP contribution >= 0.6 is 0 Å². The summed E-state index contributed by atoms with van der Waals surface area (Å²) in [5.41, 5.74) is 2.25. The first-order valence-corrected chi connectivity index (χ1v) is 6.53. The Labute approximate surface area is 124 Å². The summed E-state index contributed by atoms with van der Waals surface area (Å²) in [5.74, 6) is 0.383. The van der Waals surface area contributed by atoms with Crippen molar-refractivity contribution in [1.29, 1.82) is 0 Å². The van der Waals surface area contributed by atoms with Gasteiger partial charge in [-0.2, -0.15) is 0 Å². The molecule has 0 aliphatic heterocycles. The van der Waals surface area contributed by atoms with Gasteiger partial charge in [0.05, 0.1) is 18.4 Å². The van der Waals surface area contributed by atoms with Crippen LogP contribution in [-0.2, 0) is 11.3 Å². The highest BCUT2D eigenvalue weighted by atomic mass is 16.5. The zero-order valence-corrected chi connectivity index (χ0v) is 12.4. The molecule has 0 amide bonds. The summed E-state index contributed by atoms with van der Waals surface area (Å²) >= 11 is 0. The molecule has 0 fully saturated rings. The number of hydrogen-bond donors (Lipinski definition) is 0. The molecule has 1 heterocycles. The standard InChI is InChI=1S/C16H18N2O3/c1-18(2)14-5-4-6-15(9-14)21-11-13-8-7-12(10-17-13)16(19)20-3/h4-10H,11H2,1-3H3. The lowest BCUT2D eigenvalue weighted by Crippen LogP contribution is -2.08. The third-order valence-corrected chi connectivity index (χ3v) is 2.97. The quantitative estimate of drug-likeness (QED) is 0.790. The topological polar surface area (TPSA) is 51.7 Å². The van der Waals surface area contributed by atoms with Gasteiger partial charge in [-0.1, -0.05) is 6.07 Å². The predicted octanol–water partition coefficient (Wildman–Crippen LogP) is 2.51. The molecule has 110 valence electrons. The van der Waals surface area contributed by atoms with Crippen LogP contribution in [-0.4, -0.2) is 32.2 Å². The molecular weight excluding hydrogens is 268 g/mol. The Morgan fingerprint density at radius 2 is 2.05 bits per heavy atom. The van der Waals surface area contributed by atoms with Gasteiger partial charge in [-0.05, 0) is 24.3 Å². The molecule has 1 aromatic heterocycles. The van der Waals surface area contributed by atoms with Crippen LogP contribution in [0, 0.1) is 0 Å². The van der Waals surface area contributed by atoms with Crippen LogP contribution in [0.25, 0.3) is 0 Å². The van der Waals surface area contributed by atoms with Crippen molar-refractivity contribution >= 4 is 11.7 Å². The molecule has 5 heteroatoms. The molecule has 2 aromatic rings. The van der Waals surface area contributed by atoms with E-state index in [2.05, 4.69) is 9.72 Å². The van der Waals surface area contributed by atoms with E-state index in [4.69, 9.17) is 4.74 Å². The van der Waals surface area contributed by atoms with E-state index in [9.17, 15) is 4.79 Å². The second kappa shape index (κ2) is 6.74. The van der Waals surface area contributed by atoms with Crippen molar-refractivity contribution in [2.24, 2.45) is 0 Å². The summed E-state index contributed by atoms with van der Waals surface area (Å²) < 4.78 is 10.3. The minimum absolute atomic E-state index is 0.346. The van der Waals surface area contributed by atoms with Crippen LogP contribution in [0.3, 0.4) is 0 Å². The van der Waals surface area contributed by atoms with E-state index in [0.717, 1.165) is 17.1 Å². The summed E-state index contributed by atoms with van der Waals surface area (Å²) in [5, 5.41) is 0. The summed E-state index contributed by atoms with van der Waals surface area (Å²) in [6.45, 7) is 0.346. The zero-order valence-electron chi connectivity index (χ0n) is 12.4. The lowest BCUT2D eigenvalue weighted by molar-refractivity contribution is 0.0600. The van der Waals surface area contributed by atoms with E-state index in [0.29, 0.717) is 12.2 Å². The average Bonchev–Trinajstić information content (AvgIpc) is 2.53. The molecule has 0 N–H and O–H groups in total. The molecule has 0 atom stereocenters. The van der Waals surface area contributed by atoms with Gasteiger partial charge in [0.2, 0.25) is 0 Å². The lowest BCUT2D eigenvalue weighted by atomic mass is 10.2. The number of methoxy groups -OCH3 is 1. The Balaban J connectivity index is 2.00. The van der Waals surface area contributed by atoms with Crippen molar-refractivity contribution in [2.45, 2.75) is 6.61 Å². The number of pyridine rings is 1. The van der Waals surface area contributed by atoms with Gasteiger partial charge in [0.15, 0.2) is 0 Å². The normalized spacial score (nSPS) is 10.0. The van der Waals surface area contributed by atoms with Crippen LogP contribution < -0.4 is 9.64 Å². The zero-order chi connectivity index (χ0) is 15.2. The first-order valence-electron chi connectivity index (χ1n) is 6.53. The van der Waals surface area contributed by atoms with E-state index in [-0.39, 0.29) is 0 Å². The highest BCUT2D eigenvalue weighted by Gasteiger charge is 2.06. The van der Waals surface area contributed by atoms with Crippen LogP contribution in [0.15, 0.2) is 42.6 Å². The van der Waals surface area contributed by atoms with Crippen molar-refractivity contribution in [2.75, 3.05) is 26.1 Å². The number of ether oxygens (including phenoxy) is 2. The number of carbonyl (C=O) groups excluding carboxylic acids is 1. The van der Waals surface area contributed by atoms with E-state index >= 15 is 0 Å². The van der Waals surface area contributed by atoms with Gasteiger partial charge in [0.1, 0.15) is 12.4 Å². The van der Waals surface area contributed by atoms with Crippen molar-refractivity contribution in [3.05, 3.63) is 53.9 Å². The Morgan fingerprint density at radius 3 is 2.67 bits per heavy atom. The van der Waals surface area contributed by atoms with E-state index in [1.165, 1.54) is 13.3 Å². The number of anilines is 1. The van der Waals surface area contributed by atoms with Crippen molar-refractivity contribution in [3.63, 3.8) is 0 Å². The molecule has 0 unspecified atom stereocenters. The van der Waals surface area contributed by atoms with Crippen LogP contribution in [0.1, 0.15) is 16.1 Å². The molecule has 0 saturated heterocycles. The summed E-state index contributed by atoms with van der Waals surface area (Å²) in [6, 6.07) is 11.2. The predicted molar refractivity (Wildman–Crippen MR) is 80.7 cm³/mol. The van der Waals surface area contributed by atoms with Gasteiger partial charge in [-0.3, -0.25) is 4.98 Å². The van der Waals surface area contributed by atoms with Gasteiger partial charge in [0.25, 0.3) is 0 Å². The summed E-state index contributed by atoms with van der Waals surface area (Å²) in [7, 11) is 5.30. The fraction of sp³-hybridized carbons (Fsp3) is 0.250. The van der Waals surface area contributed by atoms with Crippen molar-refractivity contribution < 1.29 is 14.3 Å². The Bertz CT molecular complexity index is 609. The maximum atomic E-state index is 11.3. The van der Waals surface area contributed by atoms with Crippen LogP contribution in [0.4, 0.5) is 5.69 Å². The van der Waals surface area contributed by atoms with Crippen molar-refractivity contribution in [1.82, 2.24) is 4.98 Å². The lowest BCUT2D eigenvalue weighted by Gasteiger charge is -2.14. The molecule has 2 rings (SSSR count). The van der Waals surface area contributed by atoms with Gasteiger partial charge in [0, 0.05) is 32.0 Å². The second-order valence-electron chi connectivity index (χ2n) is 4.71.